The topological polar surface area (TPSA) is 46.6 Å². The first-order chi connectivity index (χ1) is 7.11. The first-order valence-electron chi connectivity index (χ1n) is 4.16. The van der Waals surface area contributed by atoms with Crippen LogP contribution in [0.25, 0.3) is 0 Å². The minimum absolute atomic E-state index is 0.434. The molecule has 1 rings (SSSR count). The minimum atomic E-state index is -1.94. The van der Waals surface area contributed by atoms with Crippen molar-refractivity contribution < 1.29 is 23.1 Å². The molecule has 1 amide bonds. The van der Waals surface area contributed by atoms with E-state index >= 15 is 0 Å². The second kappa shape index (κ2) is 5.69. The third kappa shape index (κ3) is 3.86. The number of carbonyl (C=O) groups excluding carboxylic acids is 2. The molecule has 1 heterocycles. The van der Waals surface area contributed by atoms with Crippen LogP contribution in [0, 0.1) is 0 Å². The molecule has 0 aromatic rings. The van der Waals surface area contributed by atoms with Crippen molar-refractivity contribution in [2.75, 3.05) is 24.8 Å². The van der Waals surface area contributed by atoms with Gasteiger partial charge in [0.25, 0.3) is 6.08 Å². The second-order valence-electron chi connectivity index (χ2n) is 2.70. The Bertz CT molecular complexity index is 286. The highest BCUT2D eigenvalue weighted by atomic mass is 32.2. The van der Waals surface area contributed by atoms with E-state index in [4.69, 9.17) is 0 Å². The van der Waals surface area contributed by atoms with Crippen molar-refractivity contribution in [3.05, 3.63) is 12.2 Å². The van der Waals surface area contributed by atoms with E-state index in [9.17, 15) is 18.4 Å². The molecule has 15 heavy (non-hydrogen) atoms. The molecular formula is C8H9F2NO3S. The summed E-state index contributed by atoms with van der Waals surface area (Å²) in [5.74, 6) is -0.637. The number of carbonyl (C=O) groups is 2. The molecule has 0 aromatic carbocycles. The summed E-state index contributed by atoms with van der Waals surface area (Å²) in [6.07, 6.45) is -1.50. The van der Waals surface area contributed by atoms with Gasteiger partial charge in [0.2, 0.25) is 0 Å². The Morgan fingerprint density at radius 3 is 2.73 bits per heavy atom. The normalized spacial score (nSPS) is 14.9. The first kappa shape index (κ1) is 12.0. The SMILES string of the molecule is O=C(OCC=C(F)F)C(=O)N1CCSC1. The molecular weight excluding hydrogens is 228 g/mol. The van der Waals surface area contributed by atoms with Crippen LogP contribution in [-0.2, 0) is 14.3 Å². The van der Waals surface area contributed by atoms with E-state index in [2.05, 4.69) is 4.74 Å². The van der Waals surface area contributed by atoms with Gasteiger partial charge < -0.3 is 9.64 Å². The quantitative estimate of drug-likeness (QED) is 0.527. The van der Waals surface area contributed by atoms with Gasteiger partial charge in [0.1, 0.15) is 6.61 Å². The molecule has 0 atom stereocenters. The predicted octanol–water partition coefficient (Wildman–Crippen LogP) is 0.843. The number of halogens is 2. The maximum Gasteiger partial charge on any atom is 0.397 e. The van der Waals surface area contributed by atoms with Crippen LogP contribution >= 0.6 is 11.8 Å². The van der Waals surface area contributed by atoms with E-state index < -0.39 is 24.6 Å². The van der Waals surface area contributed by atoms with E-state index in [-0.39, 0.29) is 0 Å². The summed E-state index contributed by atoms with van der Waals surface area (Å²) in [7, 11) is 0. The fraction of sp³-hybridized carbons (Fsp3) is 0.500. The number of hydrogen-bond donors (Lipinski definition) is 0. The van der Waals surface area contributed by atoms with E-state index in [1.54, 1.807) is 0 Å². The van der Waals surface area contributed by atoms with Crippen molar-refractivity contribution in [3.63, 3.8) is 0 Å². The summed E-state index contributed by atoms with van der Waals surface area (Å²) in [4.78, 5) is 23.6. The highest BCUT2D eigenvalue weighted by molar-refractivity contribution is 7.99. The van der Waals surface area contributed by atoms with Gasteiger partial charge in [-0.25, -0.2) is 4.79 Å². The Kier molecular flexibility index (Phi) is 4.54. The number of nitrogens with zero attached hydrogens (tertiary/aromatic N) is 1. The molecule has 0 aromatic heterocycles. The molecule has 0 aliphatic carbocycles. The largest absolute Gasteiger partial charge is 0.454 e. The van der Waals surface area contributed by atoms with Crippen LogP contribution < -0.4 is 0 Å². The van der Waals surface area contributed by atoms with Gasteiger partial charge in [-0.05, 0) is 0 Å². The van der Waals surface area contributed by atoms with Gasteiger partial charge in [0.15, 0.2) is 0 Å². The number of ether oxygens (including phenoxy) is 1. The molecule has 1 saturated heterocycles. The third-order valence-corrected chi connectivity index (χ3v) is 2.63. The molecule has 84 valence electrons. The average molecular weight is 237 g/mol. The highest BCUT2D eigenvalue weighted by Crippen LogP contribution is 2.13. The molecule has 1 fully saturated rings. The predicted molar refractivity (Wildman–Crippen MR) is 50.3 cm³/mol. The number of rotatable bonds is 2. The van der Waals surface area contributed by atoms with Gasteiger partial charge in [0, 0.05) is 18.4 Å². The van der Waals surface area contributed by atoms with Crippen LogP contribution in [0.1, 0.15) is 0 Å². The van der Waals surface area contributed by atoms with Gasteiger partial charge >= 0.3 is 11.9 Å². The van der Waals surface area contributed by atoms with Crippen molar-refractivity contribution in [1.82, 2.24) is 4.90 Å². The molecule has 7 heteroatoms. The van der Waals surface area contributed by atoms with Gasteiger partial charge in [0.05, 0.1) is 5.88 Å². The molecule has 1 aliphatic rings. The van der Waals surface area contributed by atoms with Crippen molar-refractivity contribution in [3.8, 4) is 0 Å². The van der Waals surface area contributed by atoms with Crippen molar-refractivity contribution in [1.29, 1.82) is 0 Å². The number of amides is 1. The molecule has 0 spiro atoms. The number of esters is 1. The van der Waals surface area contributed by atoms with E-state index in [1.807, 2.05) is 0 Å². The summed E-state index contributed by atoms with van der Waals surface area (Å²) in [5, 5.41) is 0. The van der Waals surface area contributed by atoms with Crippen LogP contribution in [-0.4, -0.2) is 41.6 Å². The van der Waals surface area contributed by atoms with Crippen molar-refractivity contribution >= 4 is 23.6 Å². The smallest absolute Gasteiger partial charge is 0.397 e. The number of thioether (sulfide) groups is 1. The van der Waals surface area contributed by atoms with Crippen LogP contribution in [0.15, 0.2) is 12.2 Å². The summed E-state index contributed by atoms with van der Waals surface area (Å²) < 4.78 is 27.4. The third-order valence-electron chi connectivity index (χ3n) is 1.67. The lowest BCUT2D eigenvalue weighted by atomic mass is 10.5. The molecule has 0 bridgehead atoms. The maximum absolute atomic E-state index is 11.6. The van der Waals surface area contributed by atoms with Crippen LogP contribution in [0.5, 0.6) is 0 Å². The second-order valence-corrected chi connectivity index (χ2v) is 3.77. The molecule has 0 unspecified atom stereocenters. The van der Waals surface area contributed by atoms with Crippen LogP contribution in [0.4, 0.5) is 8.78 Å². The van der Waals surface area contributed by atoms with Crippen LogP contribution in [0.2, 0.25) is 0 Å². The van der Waals surface area contributed by atoms with Crippen molar-refractivity contribution in [2.45, 2.75) is 0 Å². The van der Waals surface area contributed by atoms with Gasteiger partial charge in [-0.2, -0.15) is 8.78 Å². The van der Waals surface area contributed by atoms with E-state index in [0.717, 1.165) is 5.75 Å². The zero-order valence-electron chi connectivity index (χ0n) is 7.74. The lowest BCUT2D eigenvalue weighted by molar-refractivity contribution is -0.158. The van der Waals surface area contributed by atoms with E-state index in [1.165, 1.54) is 16.7 Å². The lowest BCUT2D eigenvalue weighted by Crippen LogP contribution is -2.35. The Morgan fingerprint density at radius 1 is 1.47 bits per heavy atom. The first-order valence-corrected chi connectivity index (χ1v) is 5.31. The van der Waals surface area contributed by atoms with E-state index in [0.29, 0.717) is 18.5 Å². The Labute approximate surface area is 89.2 Å². The molecule has 4 nitrogen and oxygen atoms in total. The molecule has 1 aliphatic heterocycles. The average Bonchev–Trinajstić information content (AvgIpc) is 2.68. The Hall–Kier alpha value is -1.11. The zero-order chi connectivity index (χ0) is 11.3. The monoisotopic (exact) mass is 237 g/mol. The maximum atomic E-state index is 11.6. The van der Waals surface area contributed by atoms with Gasteiger partial charge in [-0.15, -0.1) is 11.8 Å². The summed E-state index contributed by atoms with van der Waals surface area (Å²) in [6, 6.07) is 0. The molecule has 0 N–H and O–H groups in total. The Balaban J connectivity index is 2.33. The van der Waals surface area contributed by atoms with Gasteiger partial charge in [-0.3, -0.25) is 4.79 Å². The molecule has 0 radical (unpaired) electrons. The highest BCUT2D eigenvalue weighted by Gasteiger charge is 2.25. The molecule has 0 saturated carbocycles. The van der Waals surface area contributed by atoms with Gasteiger partial charge in [-0.1, -0.05) is 0 Å². The minimum Gasteiger partial charge on any atom is -0.454 e. The summed E-state index contributed by atoms with van der Waals surface area (Å²) in [6.45, 7) is -0.0835. The lowest BCUT2D eigenvalue weighted by Gasteiger charge is -2.12. The Morgan fingerprint density at radius 2 is 2.20 bits per heavy atom. The summed E-state index contributed by atoms with van der Waals surface area (Å²) in [5.41, 5.74) is 0. The summed E-state index contributed by atoms with van der Waals surface area (Å²) >= 11 is 1.52. The fourth-order valence-electron chi connectivity index (χ4n) is 0.945. The fourth-order valence-corrected chi connectivity index (χ4v) is 1.89. The van der Waals surface area contributed by atoms with Crippen LogP contribution in [0.3, 0.4) is 0 Å². The standard InChI is InChI=1S/C8H9F2NO3S/c9-6(10)1-3-14-8(13)7(12)11-2-4-15-5-11/h1H,2-5H2. The number of hydrogen-bond acceptors (Lipinski definition) is 4. The zero-order valence-corrected chi connectivity index (χ0v) is 8.56. The van der Waals surface area contributed by atoms with Crippen molar-refractivity contribution in [2.24, 2.45) is 0 Å².